The topological polar surface area (TPSA) is 12.4 Å². The van der Waals surface area contributed by atoms with Gasteiger partial charge in [-0.3, -0.25) is 4.99 Å². The number of aliphatic imine (C=N–C) groups is 1. The zero-order valence-electron chi connectivity index (χ0n) is 21.0. The SMILES string of the molecule is C1=c2cc3c(cc2-c2ccccc21)=C1C(=N3)CCCC12c1ccccc1-c1cccc(-c3ccccc3)c12. The summed E-state index contributed by atoms with van der Waals surface area (Å²) in [6, 6.07) is 40.6. The van der Waals surface area contributed by atoms with Crippen molar-refractivity contribution in [3.8, 4) is 33.4 Å². The molecular weight excluding hydrogens is 458 g/mol. The van der Waals surface area contributed by atoms with Crippen LogP contribution in [0.3, 0.4) is 0 Å². The van der Waals surface area contributed by atoms with E-state index in [0.717, 1.165) is 24.9 Å². The molecule has 1 saturated carbocycles. The van der Waals surface area contributed by atoms with Gasteiger partial charge in [0, 0.05) is 16.3 Å². The molecule has 0 N–H and O–H groups in total. The van der Waals surface area contributed by atoms with Gasteiger partial charge in [0.05, 0.1) is 5.69 Å². The van der Waals surface area contributed by atoms with Crippen molar-refractivity contribution in [2.24, 2.45) is 4.99 Å². The van der Waals surface area contributed by atoms with Crippen LogP contribution in [0.15, 0.2) is 114 Å². The summed E-state index contributed by atoms with van der Waals surface area (Å²) in [4.78, 5) is 5.34. The minimum absolute atomic E-state index is 0.198. The Balaban J connectivity index is 1.43. The maximum atomic E-state index is 5.34. The molecule has 1 spiro atoms. The van der Waals surface area contributed by atoms with E-state index in [-0.39, 0.29) is 5.41 Å². The Morgan fingerprint density at radius 3 is 2.32 bits per heavy atom. The number of benzene rings is 5. The lowest BCUT2D eigenvalue weighted by molar-refractivity contribution is 0.572. The first-order chi connectivity index (χ1) is 18.8. The minimum atomic E-state index is -0.198. The molecule has 5 aromatic carbocycles. The highest BCUT2D eigenvalue weighted by molar-refractivity contribution is 6.27. The molecular formula is C37H25N. The van der Waals surface area contributed by atoms with Crippen molar-refractivity contribution in [3.05, 3.63) is 136 Å². The lowest BCUT2D eigenvalue weighted by Gasteiger charge is -2.39. The van der Waals surface area contributed by atoms with E-state index in [1.165, 1.54) is 71.8 Å². The van der Waals surface area contributed by atoms with Crippen LogP contribution in [0.4, 0.5) is 5.69 Å². The predicted molar refractivity (Wildman–Crippen MR) is 157 cm³/mol. The van der Waals surface area contributed by atoms with Gasteiger partial charge < -0.3 is 0 Å². The van der Waals surface area contributed by atoms with E-state index in [0.29, 0.717) is 0 Å². The summed E-state index contributed by atoms with van der Waals surface area (Å²) in [6.07, 6.45) is 5.61. The molecule has 0 amide bonds. The van der Waals surface area contributed by atoms with Gasteiger partial charge in [0.1, 0.15) is 0 Å². The Bertz CT molecular complexity index is 1990. The second-order valence-corrected chi connectivity index (χ2v) is 11.0. The fraction of sp³-hybridized carbons (Fsp3) is 0.108. The normalized spacial score (nSPS) is 19.2. The molecule has 0 aromatic heterocycles. The van der Waals surface area contributed by atoms with Crippen LogP contribution < -0.4 is 10.4 Å². The van der Waals surface area contributed by atoms with Crippen LogP contribution in [-0.2, 0) is 5.41 Å². The summed E-state index contributed by atoms with van der Waals surface area (Å²) in [6.45, 7) is 0. The van der Waals surface area contributed by atoms with Crippen molar-refractivity contribution in [2.75, 3.05) is 0 Å². The lowest BCUT2D eigenvalue weighted by Crippen LogP contribution is -2.37. The van der Waals surface area contributed by atoms with Gasteiger partial charge in [-0.15, -0.1) is 0 Å². The molecule has 1 unspecified atom stereocenters. The van der Waals surface area contributed by atoms with Gasteiger partial charge in [-0.05, 0) is 98.3 Å². The highest BCUT2D eigenvalue weighted by Gasteiger charge is 2.51. The first-order valence-electron chi connectivity index (χ1n) is 13.7. The quantitative estimate of drug-likeness (QED) is 0.229. The number of rotatable bonds is 1. The van der Waals surface area contributed by atoms with E-state index < -0.39 is 0 Å². The van der Waals surface area contributed by atoms with Crippen LogP contribution >= 0.6 is 0 Å². The Kier molecular flexibility index (Phi) is 3.95. The summed E-state index contributed by atoms with van der Waals surface area (Å²) in [5.41, 5.74) is 16.0. The van der Waals surface area contributed by atoms with E-state index in [2.05, 4.69) is 115 Å². The molecule has 9 rings (SSSR count). The van der Waals surface area contributed by atoms with Crippen LogP contribution in [0.25, 0.3) is 45.0 Å². The average Bonchev–Trinajstić information content (AvgIpc) is 3.61. The molecule has 4 aliphatic rings. The van der Waals surface area contributed by atoms with Crippen LogP contribution in [0.1, 0.15) is 36.0 Å². The predicted octanol–water partition coefficient (Wildman–Crippen LogP) is 7.55. The summed E-state index contributed by atoms with van der Waals surface area (Å²) in [5.74, 6) is 0. The standard InChI is InChI=1S/C37H25N/c1-2-10-23(11-3-1)27-15-8-16-29-28-14-6-7-17-32(28)37(35(27)29)19-9-18-33-36(37)31-22-30-25(21-34(31)38-33)20-24-12-4-5-13-26(24)30/h1-8,10-17,20-22H,9,18-19H2. The van der Waals surface area contributed by atoms with Crippen molar-refractivity contribution in [2.45, 2.75) is 24.7 Å². The summed E-state index contributed by atoms with van der Waals surface area (Å²) < 4.78 is 0. The van der Waals surface area contributed by atoms with Crippen LogP contribution in [-0.4, -0.2) is 5.71 Å². The first-order valence-corrected chi connectivity index (χ1v) is 13.7. The van der Waals surface area contributed by atoms with E-state index in [9.17, 15) is 0 Å². The fourth-order valence-corrected chi connectivity index (χ4v) is 7.78. The largest absolute Gasteiger partial charge is 0.252 e. The fourth-order valence-electron chi connectivity index (χ4n) is 7.78. The Morgan fingerprint density at radius 2 is 1.39 bits per heavy atom. The third-order valence-corrected chi connectivity index (χ3v) is 9.19. The zero-order chi connectivity index (χ0) is 24.8. The monoisotopic (exact) mass is 483 g/mol. The molecule has 3 aliphatic carbocycles. The molecule has 178 valence electrons. The van der Waals surface area contributed by atoms with Crippen molar-refractivity contribution in [1.29, 1.82) is 0 Å². The van der Waals surface area contributed by atoms with Gasteiger partial charge in [-0.1, -0.05) is 97.1 Å². The molecule has 1 nitrogen and oxygen atoms in total. The Morgan fingerprint density at radius 1 is 0.632 bits per heavy atom. The van der Waals surface area contributed by atoms with Crippen LogP contribution in [0.2, 0.25) is 0 Å². The number of nitrogens with zero attached hydrogens (tertiary/aromatic N) is 1. The highest BCUT2D eigenvalue weighted by atomic mass is 14.8. The van der Waals surface area contributed by atoms with Gasteiger partial charge in [0.15, 0.2) is 0 Å². The maximum absolute atomic E-state index is 5.34. The summed E-state index contributed by atoms with van der Waals surface area (Å²) in [5, 5.41) is 2.62. The van der Waals surface area contributed by atoms with Crippen molar-refractivity contribution >= 4 is 23.0 Å². The van der Waals surface area contributed by atoms with Crippen molar-refractivity contribution in [3.63, 3.8) is 0 Å². The number of hydrogen-bond donors (Lipinski definition) is 0. The molecule has 1 atom stereocenters. The first kappa shape index (κ1) is 20.6. The molecule has 1 aliphatic heterocycles. The van der Waals surface area contributed by atoms with Gasteiger partial charge in [-0.25, -0.2) is 0 Å². The van der Waals surface area contributed by atoms with Gasteiger partial charge in [0.25, 0.3) is 0 Å². The number of hydrogen-bond acceptors (Lipinski definition) is 1. The van der Waals surface area contributed by atoms with Gasteiger partial charge in [-0.2, -0.15) is 0 Å². The second-order valence-electron chi connectivity index (χ2n) is 11.0. The molecule has 38 heavy (non-hydrogen) atoms. The highest BCUT2D eigenvalue weighted by Crippen LogP contribution is 2.60. The minimum Gasteiger partial charge on any atom is -0.252 e. The van der Waals surface area contributed by atoms with Gasteiger partial charge in [0.2, 0.25) is 0 Å². The molecule has 1 fully saturated rings. The third kappa shape index (κ3) is 2.49. The number of fused-ring (bicyclic) bond motifs is 11. The molecule has 5 aromatic rings. The molecule has 1 heterocycles. The lowest BCUT2D eigenvalue weighted by atomic mass is 9.62. The van der Waals surface area contributed by atoms with Crippen LogP contribution in [0, 0.1) is 0 Å². The summed E-state index contributed by atoms with van der Waals surface area (Å²) >= 11 is 0. The van der Waals surface area contributed by atoms with Crippen molar-refractivity contribution in [1.82, 2.24) is 0 Å². The van der Waals surface area contributed by atoms with E-state index >= 15 is 0 Å². The molecule has 1 heteroatoms. The molecule has 0 bridgehead atoms. The average molecular weight is 484 g/mol. The van der Waals surface area contributed by atoms with E-state index in [1.807, 2.05) is 0 Å². The third-order valence-electron chi connectivity index (χ3n) is 9.19. The Hall–Kier alpha value is -4.49. The van der Waals surface area contributed by atoms with E-state index in [1.54, 1.807) is 0 Å². The molecule has 0 radical (unpaired) electrons. The Labute approximate surface area is 222 Å². The smallest absolute Gasteiger partial charge is 0.0715 e. The summed E-state index contributed by atoms with van der Waals surface area (Å²) in [7, 11) is 0. The second kappa shape index (κ2) is 7.30. The zero-order valence-corrected chi connectivity index (χ0v) is 21.0. The maximum Gasteiger partial charge on any atom is 0.0715 e. The van der Waals surface area contributed by atoms with E-state index in [4.69, 9.17) is 4.99 Å². The molecule has 0 saturated heterocycles. The van der Waals surface area contributed by atoms with Crippen molar-refractivity contribution < 1.29 is 0 Å². The van der Waals surface area contributed by atoms with Crippen LogP contribution in [0.5, 0.6) is 0 Å². The van der Waals surface area contributed by atoms with Gasteiger partial charge >= 0.3 is 0 Å².